The molecule has 0 saturated carbocycles. The Balaban J connectivity index is 2.16. The molecule has 4 heteroatoms. The summed E-state index contributed by atoms with van der Waals surface area (Å²) in [6.07, 6.45) is 3.24. The number of nitrogens with zero attached hydrogens (tertiary/aromatic N) is 1. The molecule has 1 nitrogen and oxygen atoms in total. The van der Waals surface area contributed by atoms with E-state index in [1.807, 2.05) is 30.3 Å². The molecule has 1 aliphatic heterocycles. The molecular weight excluding hydrogens is 345 g/mol. The quantitative estimate of drug-likeness (QED) is 0.554. The second-order valence-electron chi connectivity index (χ2n) is 5.29. The van der Waals surface area contributed by atoms with Crippen LogP contribution in [0.15, 0.2) is 60.0 Å². The molecule has 0 aromatic heterocycles. The lowest BCUT2D eigenvalue weighted by Crippen LogP contribution is -2.17. The van der Waals surface area contributed by atoms with Gasteiger partial charge in [0, 0.05) is 22.2 Å². The minimum atomic E-state index is 0.749. The zero-order valence-corrected chi connectivity index (χ0v) is 15.1. The molecule has 0 fully saturated rings. The van der Waals surface area contributed by atoms with Crippen molar-refractivity contribution < 1.29 is 0 Å². The summed E-state index contributed by atoms with van der Waals surface area (Å²) in [7, 11) is 0. The van der Waals surface area contributed by atoms with Crippen LogP contribution in [0.5, 0.6) is 0 Å². The first kappa shape index (κ1) is 16.5. The lowest BCUT2D eigenvalue weighted by atomic mass is 9.99. The fourth-order valence-electron chi connectivity index (χ4n) is 2.60. The van der Waals surface area contributed by atoms with Crippen LogP contribution in [0.3, 0.4) is 0 Å². The van der Waals surface area contributed by atoms with E-state index in [2.05, 4.69) is 40.9 Å². The van der Waals surface area contributed by atoms with Crippen LogP contribution in [0, 0.1) is 0 Å². The number of benzene rings is 2. The van der Waals surface area contributed by atoms with Crippen molar-refractivity contribution in [3.8, 4) is 0 Å². The summed E-state index contributed by atoms with van der Waals surface area (Å²) >= 11 is 14.0. The smallest absolute Gasteiger partial charge is 0.0623 e. The van der Waals surface area contributed by atoms with Crippen LogP contribution in [0.1, 0.15) is 24.5 Å². The van der Waals surface area contributed by atoms with Crippen molar-refractivity contribution in [2.45, 2.75) is 13.3 Å². The van der Waals surface area contributed by atoms with Crippen LogP contribution in [0.2, 0.25) is 10.0 Å². The van der Waals surface area contributed by atoms with E-state index in [0.717, 1.165) is 34.1 Å². The Bertz CT molecular complexity index is 750. The monoisotopic (exact) mass is 361 g/mol. The van der Waals surface area contributed by atoms with Gasteiger partial charge in [0.2, 0.25) is 0 Å². The van der Waals surface area contributed by atoms with E-state index in [1.165, 1.54) is 11.3 Å². The van der Waals surface area contributed by atoms with Gasteiger partial charge in [0.25, 0.3) is 0 Å². The summed E-state index contributed by atoms with van der Waals surface area (Å²) in [5, 5.41) is 3.63. The molecule has 0 amide bonds. The topological polar surface area (TPSA) is 3.24 Å². The van der Waals surface area contributed by atoms with Crippen molar-refractivity contribution in [3.05, 3.63) is 81.2 Å². The maximum absolute atomic E-state index is 6.19. The Morgan fingerprint density at radius 2 is 1.74 bits per heavy atom. The Morgan fingerprint density at radius 1 is 0.957 bits per heavy atom. The third-order valence-corrected chi connectivity index (χ3v) is 4.97. The van der Waals surface area contributed by atoms with Gasteiger partial charge in [-0.2, -0.15) is 0 Å². The Kier molecular flexibility index (Phi) is 5.37. The highest BCUT2D eigenvalue weighted by molar-refractivity contribution is 8.00. The number of rotatable bonds is 4. The van der Waals surface area contributed by atoms with Crippen LogP contribution < -0.4 is 0 Å². The highest BCUT2D eigenvalue weighted by Crippen LogP contribution is 2.39. The molecule has 3 rings (SSSR count). The van der Waals surface area contributed by atoms with Gasteiger partial charge in [-0.1, -0.05) is 54.4 Å². The summed E-state index contributed by atoms with van der Waals surface area (Å²) in [5.74, 6) is 0. The van der Waals surface area contributed by atoms with Crippen molar-refractivity contribution in [1.29, 1.82) is 0 Å². The average Bonchev–Trinajstić information content (AvgIpc) is 2.56. The fourth-order valence-corrected chi connectivity index (χ4v) is 3.86. The Labute approximate surface area is 151 Å². The zero-order valence-electron chi connectivity index (χ0n) is 12.8. The number of allylic oxidation sites excluding steroid dienone is 2. The molecule has 2 aromatic rings. The van der Waals surface area contributed by atoms with E-state index in [-0.39, 0.29) is 0 Å². The first-order valence-electron chi connectivity index (χ1n) is 7.56. The van der Waals surface area contributed by atoms with Crippen LogP contribution in [0.4, 0.5) is 0 Å². The lowest BCUT2D eigenvalue weighted by molar-refractivity contribution is 0.632. The van der Waals surface area contributed by atoms with Gasteiger partial charge >= 0.3 is 0 Å². The highest BCUT2D eigenvalue weighted by atomic mass is 35.5. The van der Waals surface area contributed by atoms with Crippen LogP contribution in [-0.2, 0) is 0 Å². The minimum Gasteiger partial charge on any atom is -0.311 e. The molecule has 118 valence electrons. The molecule has 0 unspecified atom stereocenters. The third kappa shape index (κ3) is 3.77. The summed E-state index contributed by atoms with van der Waals surface area (Å²) in [6, 6.07) is 16.0. The average molecular weight is 362 g/mol. The molecule has 1 aliphatic rings. The zero-order chi connectivity index (χ0) is 16.2. The van der Waals surface area contributed by atoms with Gasteiger partial charge in [0.15, 0.2) is 0 Å². The molecular formula is C19H17Cl2NS. The number of halogens is 2. The second-order valence-corrected chi connectivity index (χ2v) is 7.09. The molecule has 0 N–H and O–H groups in total. The van der Waals surface area contributed by atoms with E-state index >= 15 is 0 Å². The van der Waals surface area contributed by atoms with E-state index in [1.54, 1.807) is 11.9 Å². The number of hydrogen-bond donors (Lipinski definition) is 0. The molecule has 0 bridgehead atoms. The Hall–Kier alpha value is -1.35. The second kappa shape index (κ2) is 7.48. The molecule has 1 heterocycles. The van der Waals surface area contributed by atoms with Gasteiger partial charge in [-0.05, 0) is 65.2 Å². The largest absolute Gasteiger partial charge is 0.311 e. The van der Waals surface area contributed by atoms with E-state index in [9.17, 15) is 0 Å². The SMILES string of the molecule is CCCN1SC=CC(c2cccc(Cl)c2)=C1c1ccc(Cl)cc1. The summed E-state index contributed by atoms with van der Waals surface area (Å²) < 4.78 is 2.33. The van der Waals surface area contributed by atoms with Crippen molar-refractivity contribution in [2.24, 2.45) is 0 Å². The van der Waals surface area contributed by atoms with Gasteiger partial charge in [-0.15, -0.1) is 0 Å². The molecule has 0 spiro atoms. The maximum Gasteiger partial charge on any atom is 0.0623 e. The van der Waals surface area contributed by atoms with E-state index < -0.39 is 0 Å². The standard InChI is InChI=1S/C19H17Cl2NS/c1-2-11-22-19(14-6-8-16(20)9-7-14)18(10-12-23-22)15-4-3-5-17(21)13-15/h3-10,12-13H,2,11H2,1H3. The van der Waals surface area contributed by atoms with Gasteiger partial charge in [-0.25, -0.2) is 0 Å². The lowest BCUT2D eigenvalue weighted by Gasteiger charge is -2.30. The number of hydrogen-bond acceptors (Lipinski definition) is 2. The van der Waals surface area contributed by atoms with Crippen LogP contribution in [0.25, 0.3) is 11.3 Å². The van der Waals surface area contributed by atoms with Crippen LogP contribution >= 0.6 is 35.1 Å². The molecule has 0 atom stereocenters. The van der Waals surface area contributed by atoms with Crippen LogP contribution in [-0.4, -0.2) is 10.8 Å². The Morgan fingerprint density at radius 3 is 2.43 bits per heavy atom. The van der Waals surface area contributed by atoms with Gasteiger partial charge in [0.05, 0.1) is 5.70 Å². The summed E-state index contributed by atoms with van der Waals surface area (Å²) in [6.45, 7) is 3.18. The van der Waals surface area contributed by atoms with Gasteiger partial charge in [0.1, 0.15) is 0 Å². The molecule has 0 radical (unpaired) electrons. The highest BCUT2D eigenvalue weighted by Gasteiger charge is 2.20. The predicted molar refractivity (Wildman–Crippen MR) is 103 cm³/mol. The molecule has 2 aromatic carbocycles. The van der Waals surface area contributed by atoms with Crippen molar-refractivity contribution in [2.75, 3.05) is 6.54 Å². The first-order valence-corrected chi connectivity index (χ1v) is 9.15. The van der Waals surface area contributed by atoms with E-state index in [4.69, 9.17) is 23.2 Å². The van der Waals surface area contributed by atoms with Gasteiger partial charge in [-0.3, -0.25) is 0 Å². The first-order chi connectivity index (χ1) is 11.2. The minimum absolute atomic E-state index is 0.749. The normalized spacial score (nSPS) is 14.5. The summed E-state index contributed by atoms with van der Waals surface area (Å²) in [5.41, 5.74) is 4.68. The third-order valence-electron chi connectivity index (χ3n) is 3.61. The van der Waals surface area contributed by atoms with Crippen molar-refractivity contribution in [1.82, 2.24) is 4.31 Å². The summed E-state index contributed by atoms with van der Waals surface area (Å²) in [4.78, 5) is 0. The van der Waals surface area contributed by atoms with Crippen molar-refractivity contribution >= 4 is 46.4 Å². The molecule has 23 heavy (non-hydrogen) atoms. The van der Waals surface area contributed by atoms with E-state index in [0.29, 0.717) is 0 Å². The predicted octanol–water partition coefficient (Wildman–Crippen LogP) is 6.75. The van der Waals surface area contributed by atoms with Gasteiger partial charge < -0.3 is 4.31 Å². The fraction of sp³-hybridized carbons (Fsp3) is 0.158. The molecule has 0 saturated heterocycles. The van der Waals surface area contributed by atoms with Crippen molar-refractivity contribution in [3.63, 3.8) is 0 Å². The molecule has 0 aliphatic carbocycles. The maximum atomic E-state index is 6.19.